The van der Waals surface area contributed by atoms with Gasteiger partial charge in [0, 0.05) is 30.8 Å². The molecule has 1 N–H and O–H groups in total. The van der Waals surface area contributed by atoms with Crippen molar-refractivity contribution in [2.75, 3.05) is 38.8 Å². The Hall–Kier alpha value is -2.65. The quantitative estimate of drug-likeness (QED) is 0.549. The summed E-state index contributed by atoms with van der Waals surface area (Å²) >= 11 is 0. The predicted octanol–water partition coefficient (Wildman–Crippen LogP) is 0.844. The van der Waals surface area contributed by atoms with Gasteiger partial charge in [-0.3, -0.25) is 0 Å². The van der Waals surface area contributed by atoms with Gasteiger partial charge >= 0.3 is 0 Å². The highest BCUT2D eigenvalue weighted by Gasteiger charge is 2.10. The molecule has 0 amide bonds. The SMILES string of the molecule is Bc1cc2c(NCCN(C)C)ncnc2cc1OCc1cccc(S(C)(=O)=O)c1. The number of rotatable bonds is 8. The van der Waals surface area contributed by atoms with Gasteiger partial charge in [0.15, 0.2) is 9.84 Å². The van der Waals surface area contributed by atoms with Crippen molar-refractivity contribution in [2.24, 2.45) is 0 Å². The number of likely N-dealkylation sites (N-methyl/N-ethyl adjacent to an activating group) is 1. The van der Waals surface area contributed by atoms with Gasteiger partial charge in [0.2, 0.25) is 0 Å². The molecular weight excluding hydrogens is 387 g/mol. The lowest BCUT2D eigenvalue weighted by molar-refractivity contribution is 0.309. The number of hydrogen-bond acceptors (Lipinski definition) is 7. The smallest absolute Gasteiger partial charge is 0.175 e. The highest BCUT2D eigenvalue weighted by molar-refractivity contribution is 7.90. The van der Waals surface area contributed by atoms with E-state index in [1.54, 1.807) is 18.2 Å². The van der Waals surface area contributed by atoms with Crippen LogP contribution in [0, 0.1) is 0 Å². The summed E-state index contributed by atoms with van der Waals surface area (Å²) in [5, 5.41) is 4.29. The van der Waals surface area contributed by atoms with E-state index >= 15 is 0 Å². The molecule has 152 valence electrons. The van der Waals surface area contributed by atoms with E-state index in [2.05, 4.69) is 20.2 Å². The Kier molecular flexibility index (Phi) is 6.39. The highest BCUT2D eigenvalue weighted by atomic mass is 32.2. The maximum atomic E-state index is 11.7. The minimum atomic E-state index is -3.25. The maximum absolute atomic E-state index is 11.7. The summed E-state index contributed by atoms with van der Waals surface area (Å²) in [7, 11) is 2.78. The van der Waals surface area contributed by atoms with Gasteiger partial charge in [0.25, 0.3) is 0 Å². The molecule has 3 aromatic rings. The number of anilines is 1. The molecule has 0 atom stereocenters. The van der Waals surface area contributed by atoms with Gasteiger partial charge in [0.1, 0.15) is 32.3 Å². The van der Waals surface area contributed by atoms with Gasteiger partial charge in [-0.1, -0.05) is 18.2 Å². The first-order chi connectivity index (χ1) is 13.7. The Balaban J connectivity index is 1.80. The average Bonchev–Trinajstić information content (AvgIpc) is 2.66. The monoisotopic (exact) mass is 412 g/mol. The number of nitrogens with one attached hydrogen (secondary N) is 1. The van der Waals surface area contributed by atoms with Gasteiger partial charge < -0.3 is 15.0 Å². The Labute approximate surface area is 172 Å². The molecule has 3 rings (SSSR count). The second-order valence-electron chi connectivity index (χ2n) is 7.30. The number of hydrogen-bond donors (Lipinski definition) is 1. The number of nitrogens with zero attached hydrogens (tertiary/aromatic N) is 3. The molecule has 0 spiro atoms. The summed E-state index contributed by atoms with van der Waals surface area (Å²) in [5.41, 5.74) is 2.54. The Morgan fingerprint density at radius 3 is 2.69 bits per heavy atom. The van der Waals surface area contributed by atoms with E-state index in [-0.39, 0.29) is 11.5 Å². The van der Waals surface area contributed by atoms with Crippen LogP contribution >= 0.6 is 0 Å². The topological polar surface area (TPSA) is 84.4 Å². The molecule has 0 saturated heterocycles. The first-order valence-corrected chi connectivity index (χ1v) is 11.2. The zero-order valence-electron chi connectivity index (χ0n) is 17.1. The van der Waals surface area contributed by atoms with Crippen molar-refractivity contribution < 1.29 is 13.2 Å². The van der Waals surface area contributed by atoms with Crippen molar-refractivity contribution >= 4 is 39.9 Å². The Morgan fingerprint density at radius 1 is 1.17 bits per heavy atom. The average molecular weight is 412 g/mol. The fourth-order valence-corrected chi connectivity index (χ4v) is 3.60. The lowest BCUT2D eigenvalue weighted by Crippen LogP contribution is -2.21. The normalized spacial score (nSPS) is 11.7. The van der Waals surface area contributed by atoms with Gasteiger partial charge in [-0.15, -0.1) is 0 Å². The molecule has 0 saturated carbocycles. The largest absolute Gasteiger partial charge is 0.489 e. The Morgan fingerprint density at radius 2 is 1.97 bits per heavy atom. The second-order valence-corrected chi connectivity index (χ2v) is 9.31. The van der Waals surface area contributed by atoms with Crippen LogP contribution in [0.1, 0.15) is 5.56 Å². The van der Waals surface area contributed by atoms with E-state index in [0.717, 1.165) is 40.8 Å². The van der Waals surface area contributed by atoms with Crippen LogP contribution in [-0.4, -0.2) is 64.6 Å². The predicted molar refractivity (Wildman–Crippen MR) is 119 cm³/mol. The fourth-order valence-electron chi connectivity index (χ4n) is 2.91. The zero-order chi connectivity index (χ0) is 21.0. The first-order valence-electron chi connectivity index (χ1n) is 9.30. The zero-order valence-corrected chi connectivity index (χ0v) is 18.0. The number of fused-ring (bicyclic) bond motifs is 1. The van der Waals surface area contributed by atoms with Crippen molar-refractivity contribution in [2.45, 2.75) is 11.5 Å². The molecule has 0 radical (unpaired) electrons. The number of benzene rings is 2. The third-order valence-electron chi connectivity index (χ3n) is 4.50. The molecule has 0 unspecified atom stereocenters. The maximum Gasteiger partial charge on any atom is 0.175 e. The molecule has 7 nitrogen and oxygen atoms in total. The third-order valence-corrected chi connectivity index (χ3v) is 5.61. The van der Waals surface area contributed by atoms with Crippen molar-refractivity contribution in [3.8, 4) is 5.75 Å². The minimum absolute atomic E-state index is 0.273. The lowest BCUT2D eigenvalue weighted by atomic mass is 9.93. The summed E-state index contributed by atoms with van der Waals surface area (Å²) < 4.78 is 29.4. The van der Waals surface area contributed by atoms with Crippen LogP contribution in [0.2, 0.25) is 0 Å². The summed E-state index contributed by atoms with van der Waals surface area (Å²) in [4.78, 5) is 11.1. The van der Waals surface area contributed by atoms with Gasteiger partial charge in [-0.25, -0.2) is 18.4 Å². The van der Waals surface area contributed by atoms with Crippen molar-refractivity contribution in [3.05, 3.63) is 48.3 Å². The van der Waals surface area contributed by atoms with Crippen LogP contribution in [0.25, 0.3) is 10.9 Å². The molecule has 1 aromatic heterocycles. The molecule has 0 aliphatic heterocycles. The van der Waals surface area contributed by atoms with Crippen LogP contribution in [0.5, 0.6) is 5.75 Å². The lowest BCUT2D eigenvalue weighted by Gasteiger charge is -2.14. The molecule has 2 aromatic carbocycles. The number of ether oxygens (including phenoxy) is 1. The Bertz CT molecular complexity index is 1120. The molecule has 0 bridgehead atoms. The second kappa shape index (κ2) is 8.79. The molecule has 0 aliphatic rings. The summed E-state index contributed by atoms with van der Waals surface area (Å²) in [6.07, 6.45) is 2.74. The van der Waals surface area contributed by atoms with Crippen molar-refractivity contribution in [1.29, 1.82) is 0 Å². The molecule has 0 fully saturated rings. The minimum Gasteiger partial charge on any atom is -0.489 e. The van der Waals surface area contributed by atoms with Crippen molar-refractivity contribution in [3.63, 3.8) is 0 Å². The first kappa shape index (κ1) is 21.1. The van der Waals surface area contributed by atoms with E-state index < -0.39 is 9.84 Å². The van der Waals surface area contributed by atoms with E-state index in [1.165, 1.54) is 12.6 Å². The molecule has 9 heteroatoms. The third kappa shape index (κ3) is 5.45. The van der Waals surface area contributed by atoms with Crippen LogP contribution < -0.4 is 15.5 Å². The van der Waals surface area contributed by atoms with E-state index in [1.807, 2.05) is 40.1 Å². The highest BCUT2D eigenvalue weighted by Crippen LogP contribution is 2.23. The van der Waals surface area contributed by atoms with Crippen LogP contribution in [-0.2, 0) is 16.4 Å². The van der Waals surface area contributed by atoms with E-state index in [0.29, 0.717) is 5.75 Å². The van der Waals surface area contributed by atoms with Crippen LogP contribution in [0.4, 0.5) is 5.82 Å². The molecular formula is C20H25BN4O3S. The standard InChI is InChI=1S/C20H25BN4O3S/c1-25(2)8-7-22-20-16-10-17(21)19(11-18(16)23-13-24-20)28-12-14-5-4-6-15(9-14)29(3,26)27/h4-6,9-11,13H,7-8,12,21H2,1-3H3,(H,22,23,24). The number of sulfone groups is 1. The van der Waals surface area contributed by atoms with Crippen LogP contribution in [0.15, 0.2) is 47.6 Å². The summed E-state index contributed by atoms with van der Waals surface area (Å²) in [6.45, 7) is 1.96. The van der Waals surface area contributed by atoms with Crippen LogP contribution in [0.3, 0.4) is 0 Å². The number of aromatic nitrogens is 2. The fraction of sp³-hybridized carbons (Fsp3) is 0.300. The van der Waals surface area contributed by atoms with Crippen molar-refractivity contribution in [1.82, 2.24) is 14.9 Å². The van der Waals surface area contributed by atoms with E-state index in [4.69, 9.17) is 4.74 Å². The summed E-state index contributed by atoms with van der Waals surface area (Å²) in [5.74, 6) is 1.51. The van der Waals surface area contributed by atoms with Gasteiger partial charge in [-0.05, 0) is 37.3 Å². The van der Waals surface area contributed by atoms with E-state index in [9.17, 15) is 8.42 Å². The van der Waals surface area contributed by atoms with Gasteiger partial charge in [0.05, 0.1) is 10.4 Å². The molecule has 29 heavy (non-hydrogen) atoms. The van der Waals surface area contributed by atoms with Gasteiger partial charge in [-0.2, -0.15) is 0 Å². The molecule has 0 aliphatic carbocycles. The molecule has 1 heterocycles. The summed E-state index contributed by atoms with van der Waals surface area (Å²) in [6, 6.07) is 10.7.